The van der Waals surface area contributed by atoms with E-state index in [2.05, 4.69) is 29.4 Å². The number of nitrogens with one attached hydrogen (secondary N) is 1. The van der Waals surface area contributed by atoms with E-state index in [-0.39, 0.29) is 6.04 Å². The monoisotopic (exact) mass is 180 g/mol. The fourth-order valence-electron chi connectivity index (χ4n) is 1.07. The van der Waals surface area contributed by atoms with Crippen LogP contribution in [0.15, 0.2) is 18.3 Å². The first-order valence-corrected chi connectivity index (χ1v) is 4.48. The molecule has 0 bridgehead atoms. The van der Waals surface area contributed by atoms with Gasteiger partial charge in [0, 0.05) is 18.8 Å². The maximum Gasteiger partial charge on any atom is 0.148 e. The average molecular weight is 180 g/mol. The Hall–Kier alpha value is -1.16. The van der Waals surface area contributed by atoms with Gasteiger partial charge in [-0.25, -0.2) is 0 Å². The van der Waals surface area contributed by atoms with E-state index in [0.29, 0.717) is 12.5 Å². The smallest absolute Gasteiger partial charge is 0.148 e. The molecule has 0 aliphatic rings. The van der Waals surface area contributed by atoms with Crippen LogP contribution >= 0.6 is 0 Å². The van der Waals surface area contributed by atoms with Gasteiger partial charge in [-0.3, -0.25) is 0 Å². The van der Waals surface area contributed by atoms with Gasteiger partial charge >= 0.3 is 0 Å². The molecule has 4 nitrogen and oxygen atoms in total. The van der Waals surface area contributed by atoms with E-state index in [9.17, 15) is 0 Å². The normalized spacial score (nSPS) is 12.9. The van der Waals surface area contributed by atoms with Gasteiger partial charge in [-0.1, -0.05) is 13.8 Å². The Bertz CT molecular complexity index is 235. The van der Waals surface area contributed by atoms with Crippen molar-refractivity contribution in [2.75, 3.05) is 11.9 Å². The largest absolute Gasteiger partial charge is 0.364 e. The molecule has 0 spiro atoms. The Morgan fingerprint density at radius 3 is 2.77 bits per heavy atom. The molecule has 1 atom stereocenters. The van der Waals surface area contributed by atoms with Gasteiger partial charge in [-0.05, 0) is 18.1 Å². The second kappa shape index (κ2) is 4.77. The van der Waals surface area contributed by atoms with E-state index < -0.39 is 0 Å². The van der Waals surface area contributed by atoms with Crippen molar-refractivity contribution in [2.45, 2.75) is 19.9 Å². The molecule has 0 aliphatic heterocycles. The van der Waals surface area contributed by atoms with Crippen LogP contribution in [0.1, 0.15) is 13.8 Å². The van der Waals surface area contributed by atoms with Crippen LogP contribution in [0.5, 0.6) is 0 Å². The molecule has 0 saturated carbocycles. The molecule has 0 aromatic carbocycles. The zero-order chi connectivity index (χ0) is 9.68. The van der Waals surface area contributed by atoms with E-state index in [4.69, 9.17) is 5.73 Å². The SMILES string of the molecule is CC(C)C(CN)Nc1cccnn1. The van der Waals surface area contributed by atoms with Crippen LogP contribution in [-0.4, -0.2) is 22.8 Å². The Morgan fingerprint density at radius 1 is 1.54 bits per heavy atom. The standard InChI is InChI=1S/C9H16N4/c1-7(2)8(6-10)12-9-4-3-5-11-13-9/h3-5,7-8H,6,10H2,1-2H3,(H,12,13). The summed E-state index contributed by atoms with van der Waals surface area (Å²) in [5.74, 6) is 1.28. The van der Waals surface area contributed by atoms with Gasteiger partial charge in [-0.15, -0.1) is 5.10 Å². The Labute approximate surface area is 78.6 Å². The number of hydrogen-bond acceptors (Lipinski definition) is 4. The minimum absolute atomic E-state index is 0.261. The average Bonchev–Trinajstić information content (AvgIpc) is 2.15. The van der Waals surface area contributed by atoms with Crippen LogP contribution in [0, 0.1) is 5.92 Å². The summed E-state index contributed by atoms with van der Waals surface area (Å²) in [5.41, 5.74) is 5.61. The second-order valence-electron chi connectivity index (χ2n) is 3.34. The summed E-state index contributed by atoms with van der Waals surface area (Å²) in [6.45, 7) is 4.86. The van der Waals surface area contributed by atoms with Crippen molar-refractivity contribution in [2.24, 2.45) is 11.7 Å². The number of nitrogens with zero attached hydrogens (tertiary/aromatic N) is 2. The summed E-state index contributed by atoms with van der Waals surface area (Å²) in [6.07, 6.45) is 1.65. The molecule has 1 heterocycles. The predicted octanol–water partition coefficient (Wildman–Crippen LogP) is 0.872. The van der Waals surface area contributed by atoms with Gasteiger partial charge in [0.2, 0.25) is 0 Å². The summed E-state index contributed by atoms with van der Waals surface area (Å²) in [7, 11) is 0. The van der Waals surface area contributed by atoms with E-state index >= 15 is 0 Å². The minimum atomic E-state index is 0.261. The maximum atomic E-state index is 5.61. The van der Waals surface area contributed by atoms with Crippen molar-refractivity contribution in [3.63, 3.8) is 0 Å². The van der Waals surface area contributed by atoms with Crippen LogP contribution in [0.3, 0.4) is 0 Å². The number of aromatic nitrogens is 2. The highest BCUT2D eigenvalue weighted by atomic mass is 15.2. The molecule has 0 fully saturated rings. The van der Waals surface area contributed by atoms with E-state index in [0.717, 1.165) is 5.82 Å². The van der Waals surface area contributed by atoms with Crippen LogP contribution in [-0.2, 0) is 0 Å². The molecule has 3 N–H and O–H groups in total. The van der Waals surface area contributed by atoms with Crippen molar-refractivity contribution in [1.29, 1.82) is 0 Å². The molecule has 1 rings (SSSR count). The molecule has 0 radical (unpaired) electrons. The van der Waals surface area contributed by atoms with Crippen molar-refractivity contribution in [1.82, 2.24) is 10.2 Å². The van der Waals surface area contributed by atoms with Crippen LogP contribution in [0.25, 0.3) is 0 Å². The van der Waals surface area contributed by atoms with Gasteiger partial charge in [0.25, 0.3) is 0 Å². The fraction of sp³-hybridized carbons (Fsp3) is 0.556. The number of anilines is 1. The van der Waals surface area contributed by atoms with Gasteiger partial charge in [0.1, 0.15) is 5.82 Å². The number of nitrogens with two attached hydrogens (primary N) is 1. The van der Waals surface area contributed by atoms with Gasteiger partial charge in [0.15, 0.2) is 0 Å². The number of rotatable bonds is 4. The quantitative estimate of drug-likeness (QED) is 0.721. The topological polar surface area (TPSA) is 63.8 Å². The lowest BCUT2D eigenvalue weighted by atomic mass is 10.1. The molecule has 0 saturated heterocycles. The molecule has 1 aromatic rings. The fourth-order valence-corrected chi connectivity index (χ4v) is 1.07. The van der Waals surface area contributed by atoms with Gasteiger partial charge < -0.3 is 11.1 Å². The highest BCUT2D eigenvalue weighted by Crippen LogP contribution is 2.07. The summed E-state index contributed by atoms with van der Waals surface area (Å²) >= 11 is 0. The zero-order valence-corrected chi connectivity index (χ0v) is 8.07. The van der Waals surface area contributed by atoms with E-state index in [1.807, 2.05) is 12.1 Å². The van der Waals surface area contributed by atoms with Crippen LogP contribution < -0.4 is 11.1 Å². The Kier molecular flexibility index (Phi) is 3.64. The third-order valence-electron chi connectivity index (χ3n) is 1.96. The van der Waals surface area contributed by atoms with Crippen molar-refractivity contribution < 1.29 is 0 Å². The summed E-state index contributed by atoms with van der Waals surface area (Å²) < 4.78 is 0. The van der Waals surface area contributed by atoms with Crippen LogP contribution in [0.2, 0.25) is 0 Å². The molecule has 13 heavy (non-hydrogen) atoms. The lowest BCUT2D eigenvalue weighted by molar-refractivity contribution is 0.529. The molecule has 4 heteroatoms. The van der Waals surface area contributed by atoms with Gasteiger partial charge in [0.05, 0.1) is 0 Å². The second-order valence-corrected chi connectivity index (χ2v) is 3.34. The molecule has 1 aromatic heterocycles. The molecule has 0 aliphatic carbocycles. The summed E-state index contributed by atoms with van der Waals surface area (Å²) in [5, 5.41) is 10.9. The van der Waals surface area contributed by atoms with E-state index in [1.54, 1.807) is 6.20 Å². The lowest BCUT2D eigenvalue weighted by Crippen LogP contribution is -2.34. The highest BCUT2D eigenvalue weighted by molar-refractivity contribution is 5.33. The summed E-state index contributed by atoms with van der Waals surface area (Å²) in [4.78, 5) is 0. The van der Waals surface area contributed by atoms with Crippen LogP contribution in [0.4, 0.5) is 5.82 Å². The molecular formula is C9H16N4. The Balaban J connectivity index is 2.57. The minimum Gasteiger partial charge on any atom is -0.364 e. The predicted molar refractivity (Wildman–Crippen MR) is 53.3 cm³/mol. The van der Waals surface area contributed by atoms with Gasteiger partial charge in [-0.2, -0.15) is 5.10 Å². The van der Waals surface area contributed by atoms with Crippen molar-refractivity contribution in [3.8, 4) is 0 Å². The first-order chi connectivity index (χ1) is 6.24. The first-order valence-electron chi connectivity index (χ1n) is 4.48. The molecular weight excluding hydrogens is 164 g/mol. The zero-order valence-electron chi connectivity index (χ0n) is 8.07. The molecule has 0 amide bonds. The third-order valence-corrected chi connectivity index (χ3v) is 1.96. The first kappa shape index (κ1) is 9.92. The highest BCUT2D eigenvalue weighted by Gasteiger charge is 2.10. The lowest BCUT2D eigenvalue weighted by Gasteiger charge is -2.20. The number of hydrogen-bond donors (Lipinski definition) is 2. The van der Waals surface area contributed by atoms with Crippen molar-refractivity contribution in [3.05, 3.63) is 18.3 Å². The summed E-state index contributed by atoms with van der Waals surface area (Å²) in [6, 6.07) is 4.00. The van der Waals surface area contributed by atoms with E-state index in [1.165, 1.54) is 0 Å². The Morgan fingerprint density at radius 2 is 2.31 bits per heavy atom. The molecule has 72 valence electrons. The molecule has 1 unspecified atom stereocenters. The van der Waals surface area contributed by atoms with Crippen molar-refractivity contribution >= 4 is 5.82 Å². The maximum absolute atomic E-state index is 5.61. The third kappa shape index (κ3) is 2.99.